The number of rotatable bonds is 0. The van der Waals surface area contributed by atoms with Gasteiger partial charge in [-0.05, 0) is 44.5 Å². The first-order valence-corrected chi connectivity index (χ1v) is 12.1. The van der Waals surface area contributed by atoms with Crippen LogP contribution in [0.4, 0.5) is 4.79 Å². The number of carbonyl (C=O) groups excluding carboxylic acids is 1. The average Bonchev–Trinajstić information content (AvgIpc) is 3.10. The van der Waals surface area contributed by atoms with E-state index in [1.54, 1.807) is 4.90 Å². The molecule has 0 aromatic heterocycles. The topological polar surface area (TPSA) is 38.8 Å². The molecule has 0 N–H and O–H groups in total. The number of carbonyl (C=O) groups is 1. The molecule has 1 spiro atoms. The summed E-state index contributed by atoms with van der Waals surface area (Å²) in [6.07, 6.45) is 2.27. The van der Waals surface area contributed by atoms with E-state index in [1.165, 1.54) is 5.56 Å². The predicted molar refractivity (Wildman–Crippen MR) is 131 cm³/mol. The van der Waals surface area contributed by atoms with E-state index in [0.29, 0.717) is 13.1 Å². The predicted octanol–water partition coefficient (Wildman–Crippen LogP) is 8.15. The summed E-state index contributed by atoms with van der Waals surface area (Å²) in [5, 5.41) is 0.741. The maximum Gasteiger partial charge on any atom is 0.410 e. The van der Waals surface area contributed by atoms with E-state index in [9.17, 15) is 4.79 Å². The van der Waals surface area contributed by atoms with Gasteiger partial charge >= 0.3 is 6.09 Å². The number of nitrogens with zero attached hydrogens (tertiary/aromatic N) is 1. The van der Waals surface area contributed by atoms with E-state index in [2.05, 4.69) is 0 Å². The van der Waals surface area contributed by atoms with Gasteiger partial charge < -0.3 is 14.4 Å². The number of hydrogen-bond donors (Lipinski definition) is 0. The van der Waals surface area contributed by atoms with Crippen LogP contribution in [0.3, 0.4) is 0 Å². The zero-order valence-electron chi connectivity index (χ0n) is 21.3. The Balaban J connectivity index is 0. The maximum absolute atomic E-state index is 12.1. The van der Waals surface area contributed by atoms with Gasteiger partial charge in [-0.25, -0.2) is 4.79 Å². The summed E-state index contributed by atoms with van der Waals surface area (Å²) in [5.74, 6) is 0.926. The lowest BCUT2D eigenvalue weighted by Gasteiger charge is -2.39. The van der Waals surface area contributed by atoms with Crippen molar-refractivity contribution in [3.05, 3.63) is 28.8 Å². The molecule has 176 valence electrons. The first kappa shape index (κ1) is 30.8. The summed E-state index contributed by atoms with van der Waals surface area (Å²) in [4.78, 5) is 13.9. The number of piperidine rings is 1. The Hall–Kier alpha value is -1.42. The molecule has 0 unspecified atom stereocenters. The SMILES string of the molecule is CC.CC.CC.CC.CC(C)(C)OC(=O)N1CCC2(CC1)Cc1cc(Cl)ccc1O2. The van der Waals surface area contributed by atoms with Gasteiger partial charge in [0.1, 0.15) is 17.0 Å². The number of benzene rings is 1. The van der Waals surface area contributed by atoms with Gasteiger partial charge in [0, 0.05) is 37.4 Å². The zero-order valence-corrected chi connectivity index (χ0v) is 22.1. The first-order valence-electron chi connectivity index (χ1n) is 11.7. The van der Waals surface area contributed by atoms with Crippen molar-refractivity contribution in [3.63, 3.8) is 0 Å². The van der Waals surface area contributed by atoms with E-state index in [0.717, 1.165) is 30.0 Å². The Morgan fingerprint density at radius 3 is 1.97 bits per heavy atom. The standard InChI is InChI=1S/C17H22ClNO3.4C2H6/c1-16(2,3)22-15(20)19-8-6-17(7-9-19)11-12-10-13(18)4-5-14(12)21-17;4*1-2/h4-5,10H,6-9,11H2,1-3H3;4*1-2H3. The molecule has 1 fully saturated rings. The fourth-order valence-corrected chi connectivity index (χ4v) is 3.30. The number of likely N-dealkylation sites (tertiary alicyclic amines) is 1. The molecule has 4 nitrogen and oxygen atoms in total. The highest BCUT2D eigenvalue weighted by Gasteiger charge is 2.43. The third-order valence-corrected chi connectivity index (χ3v) is 4.42. The van der Waals surface area contributed by atoms with Crippen LogP contribution in [0.2, 0.25) is 5.02 Å². The van der Waals surface area contributed by atoms with Gasteiger partial charge in [-0.2, -0.15) is 0 Å². The highest BCUT2D eigenvalue weighted by Crippen LogP contribution is 2.42. The van der Waals surface area contributed by atoms with Crippen molar-refractivity contribution < 1.29 is 14.3 Å². The largest absolute Gasteiger partial charge is 0.487 e. The minimum Gasteiger partial charge on any atom is -0.487 e. The lowest BCUT2D eigenvalue weighted by atomic mass is 9.87. The number of ether oxygens (including phenoxy) is 2. The van der Waals surface area contributed by atoms with Crippen molar-refractivity contribution in [1.29, 1.82) is 0 Å². The molecule has 0 aliphatic carbocycles. The van der Waals surface area contributed by atoms with Crippen molar-refractivity contribution in [3.8, 4) is 5.75 Å². The van der Waals surface area contributed by atoms with Gasteiger partial charge in [0.2, 0.25) is 0 Å². The molecule has 0 saturated carbocycles. The fourth-order valence-electron chi connectivity index (χ4n) is 3.10. The minimum absolute atomic E-state index is 0.189. The Labute approximate surface area is 191 Å². The Morgan fingerprint density at radius 2 is 1.50 bits per heavy atom. The first-order chi connectivity index (χ1) is 14.3. The van der Waals surface area contributed by atoms with Crippen LogP contribution in [0, 0.1) is 0 Å². The summed E-state index contributed by atoms with van der Waals surface area (Å²) in [7, 11) is 0. The average molecular weight is 444 g/mol. The molecule has 1 aromatic rings. The van der Waals surface area contributed by atoms with Gasteiger partial charge in [-0.15, -0.1) is 0 Å². The zero-order chi connectivity index (χ0) is 24.0. The molecule has 2 aliphatic heterocycles. The molecule has 30 heavy (non-hydrogen) atoms. The van der Waals surface area contributed by atoms with Crippen LogP contribution in [0.15, 0.2) is 18.2 Å². The minimum atomic E-state index is -0.455. The van der Waals surface area contributed by atoms with Gasteiger partial charge in [0.25, 0.3) is 0 Å². The highest BCUT2D eigenvalue weighted by molar-refractivity contribution is 6.30. The summed E-state index contributed by atoms with van der Waals surface area (Å²) in [5.41, 5.74) is 0.521. The smallest absolute Gasteiger partial charge is 0.410 e. The van der Waals surface area contributed by atoms with Crippen LogP contribution in [-0.2, 0) is 11.2 Å². The summed E-state index contributed by atoms with van der Waals surface area (Å²) in [6.45, 7) is 23.0. The molecule has 5 heteroatoms. The van der Waals surface area contributed by atoms with Gasteiger partial charge in [0.15, 0.2) is 0 Å². The highest BCUT2D eigenvalue weighted by atomic mass is 35.5. The van der Waals surface area contributed by atoms with Crippen molar-refractivity contribution >= 4 is 17.7 Å². The van der Waals surface area contributed by atoms with E-state index in [-0.39, 0.29) is 11.7 Å². The number of halogens is 1. The van der Waals surface area contributed by atoms with Crippen LogP contribution < -0.4 is 4.74 Å². The molecule has 1 saturated heterocycles. The lowest BCUT2D eigenvalue weighted by molar-refractivity contribution is -0.00887. The molecule has 1 aromatic carbocycles. The van der Waals surface area contributed by atoms with Crippen LogP contribution >= 0.6 is 11.6 Å². The molecule has 3 rings (SSSR count). The van der Waals surface area contributed by atoms with Crippen molar-refractivity contribution in [1.82, 2.24) is 4.90 Å². The molecule has 2 heterocycles. The number of fused-ring (bicyclic) bond motifs is 1. The molecular formula is C25H46ClNO3. The molecule has 0 atom stereocenters. The molecule has 0 bridgehead atoms. The normalized spacial score (nSPS) is 15.3. The summed E-state index contributed by atoms with van der Waals surface area (Å²) >= 11 is 6.05. The summed E-state index contributed by atoms with van der Waals surface area (Å²) < 4.78 is 11.6. The van der Waals surface area contributed by atoms with Crippen molar-refractivity contribution in [2.45, 2.75) is 107 Å². The molecule has 1 amide bonds. The van der Waals surface area contributed by atoms with E-state index in [4.69, 9.17) is 21.1 Å². The quantitative estimate of drug-likeness (QED) is 0.406. The van der Waals surface area contributed by atoms with Gasteiger partial charge in [-0.3, -0.25) is 0 Å². The second-order valence-corrected chi connectivity index (χ2v) is 7.62. The van der Waals surface area contributed by atoms with E-state index in [1.807, 2.05) is 94.4 Å². The van der Waals surface area contributed by atoms with Crippen LogP contribution in [0.5, 0.6) is 5.75 Å². The van der Waals surface area contributed by atoms with E-state index >= 15 is 0 Å². The Kier molecular flexibility index (Phi) is 15.8. The van der Waals surface area contributed by atoms with Gasteiger partial charge in [-0.1, -0.05) is 67.0 Å². The van der Waals surface area contributed by atoms with Crippen LogP contribution in [0.1, 0.15) is 94.6 Å². The Bertz CT molecular complexity index is 589. The van der Waals surface area contributed by atoms with Crippen LogP contribution in [0.25, 0.3) is 0 Å². The lowest BCUT2D eigenvalue weighted by Crippen LogP contribution is -2.50. The van der Waals surface area contributed by atoms with Gasteiger partial charge in [0.05, 0.1) is 0 Å². The fraction of sp³-hybridized carbons (Fsp3) is 0.720. The van der Waals surface area contributed by atoms with Crippen LogP contribution in [-0.4, -0.2) is 35.3 Å². The Morgan fingerprint density at radius 1 is 1.00 bits per heavy atom. The molecule has 0 radical (unpaired) electrons. The van der Waals surface area contributed by atoms with E-state index < -0.39 is 5.60 Å². The number of amides is 1. The third kappa shape index (κ3) is 9.59. The van der Waals surface area contributed by atoms with Crippen molar-refractivity contribution in [2.24, 2.45) is 0 Å². The molecule has 2 aliphatic rings. The molecular weight excluding hydrogens is 398 g/mol. The maximum atomic E-state index is 12.1. The van der Waals surface area contributed by atoms with Crippen molar-refractivity contribution in [2.75, 3.05) is 13.1 Å². The third-order valence-electron chi connectivity index (χ3n) is 4.19. The number of hydrogen-bond acceptors (Lipinski definition) is 3. The second-order valence-electron chi connectivity index (χ2n) is 7.18. The monoisotopic (exact) mass is 443 g/mol. The summed E-state index contributed by atoms with van der Waals surface area (Å²) in [6, 6.07) is 5.77. The second kappa shape index (κ2) is 15.4.